The monoisotopic (exact) mass is 343 g/mol. The van der Waals surface area contributed by atoms with Crippen molar-refractivity contribution in [2.24, 2.45) is 11.8 Å². The smallest absolute Gasteiger partial charge is 0.225 e. The largest absolute Gasteiger partial charge is 0.353 e. The van der Waals surface area contributed by atoms with E-state index in [1.807, 2.05) is 4.90 Å². The van der Waals surface area contributed by atoms with Crippen molar-refractivity contribution in [2.45, 2.75) is 57.4 Å². The third kappa shape index (κ3) is 4.83. The van der Waals surface area contributed by atoms with Crippen LogP contribution in [0, 0.1) is 11.8 Å². The zero-order valence-electron chi connectivity index (χ0n) is 13.9. The van der Waals surface area contributed by atoms with Gasteiger partial charge in [-0.2, -0.15) is 0 Å². The molecule has 5 nitrogen and oxygen atoms in total. The Morgan fingerprint density at radius 3 is 2.09 bits per heavy atom. The molecule has 0 bridgehead atoms. The highest BCUT2D eigenvalue weighted by atomic mass is 35.5. The number of hydrogen-bond donors (Lipinski definition) is 2. The van der Waals surface area contributed by atoms with Gasteiger partial charge in [-0.1, -0.05) is 12.8 Å². The Kier molecular flexibility index (Phi) is 7.15. The second-order valence-corrected chi connectivity index (χ2v) is 7.11. The average Bonchev–Trinajstić information content (AvgIpc) is 3.10. The molecule has 0 spiro atoms. The van der Waals surface area contributed by atoms with Crippen molar-refractivity contribution in [1.29, 1.82) is 0 Å². The molecule has 0 aromatic carbocycles. The van der Waals surface area contributed by atoms with Crippen molar-refractivity contribution in [2.75, 3.05) is 26.2 Å². The lowest BCUT2D eigenvalue weighted by atomic mass is 9.84. The average molecular weight is 344 g/mol. The Morgan fingerprint density at radius 1 is 0.870 bits per heavy atom. The van der Waals surface area contributed by atoms with Gasteiger partial charge >= 0.3 is 0 Å². The minimum atomic E-state index is 0. The van der Waals surface area contributed by atoms with Gasteiger partial charge < -0.3 is 15.5 Å². The molecule has 23 heavy (non-hydrogen) atoms. The summed E-state index contributed by atoms with van der Waals surface area (Å²) >= 11 is 0. The maximum atomic E-state index is 12.5. The van der Waals surface area contributed by atoms with E-state index < -0.39 is 0 Å². The predicted octanol–water partition coefficient (Wildman–Crippen LogP) is 1.71. The van der Waals surface area contributed by atoms with Crippen LogP contribution in [-0.2, 0) is 9.59 Å². The zero-order valence-corrected chi connectivity index (χ0v) is 14.7. The summed E-state index contributed by atoms with van der Waals surface area (Å²) in [7, 11) is 0. The first-order valence-electron chi connectivity index (χ1n) is 9.04. The van der Waals surface area contributed by atoms with Crippen molar-refractivity contribution >= 4 is 24.2 Å². The number of rotatable bonds is 3. The van der Waals surface area contributed by atoms with Crippen molar-refractivity contribution in [3.8, 4) is 0 Å². The molecule has 0 aromatic heterocycles. The molecule has 1 saturated heterocycles. The summed E-state index contributed by atoms with van der Waals surface area (Å²) in [5.74, 6) is 1.02. The van der Waals surface area contributed by atoms with Crippen LogP contribution in [0.15, 0.2) is 0 Å². The number of piperazine rings is 1. The topological polar surface area (TPSA) is 61.4 Å². The van der Waals surface area contributed by atoms with Gasteiger partial charge in [-0.25, -0.2) is 0 Å². The van der Waals surface area contributed by atoms with Gasteiger partial charge in [0.15, 0.2) is 0 Å². The van der Waals surface area contributed by atoms with Crippen molar-refractivity contribution < 1.29 is 9.59 Å². The molecule has 1 aliphatic heterocycles. The normalized spacial score (nSPS) is 29.0. The maximum absolute atomic E-state index is 12.5. The minimum Gasteiger partial charge on any atom is -0.353 e. The quantitative estimate of drug-likeness (QED) is 0.820. The van der Waals surface area contributed by atoms with Gasteiger partial charge in [0.2, 0.25) is 11.8 Å². The van der Waals surface area contributed by atoms with E-state index in [4.69, 9.17) is 0 Å². The maximum Gasteiger partial charge on any atom is 0.225 e. The van der Waals surface area contributed by atoms with Gasteiger partial charge in [-0.05, 0) is 38.5 Å². The van der Waals surface area contributed by atoms with Crippen LogP contribution in [0.5, 0.6) is 0 Å². The van der Waals surface area contributed by atoms with Crippen molar-refractivity contribution in [1.82, 2.24) is 15.5 Å². The summed E-state index contributed by atoms with van der Waals surface area (Å²) in [4.78, 5) is 26.7. The predicted molar refractivity (Wildman–Crippen MR) is 92.5 cm³/mol. The van der Waals surface area contributed by atoms with Gasteiger partial charge in [0.25, 0.3) is 0 Å². The summed E-state index contributed by atoms with van der Waals surface area (Å²) in [6.45, 7) is 3.52. The van der Waals surface area contributed by atoms with Crippen LogP contribution in [0.4, 0.5) is 0 Å². The minimum absolute atomic E-state index is 0. The van der Waals surface area contributed by atoms with Crippen LogP contribution < -0.4 is 10.6 Å². The molecule has 2 N–H and O–H groups in total. The molecule has 0 radical (unpaired) electrons. The first kappa shape index (κ1) is 18.5. The molecule has 2 amide bonds. The summed E-state index contributed by atoms with van der Waals surface area (Å²) in [6.07, 6.45) is 8.29. The Bertz CT molecular complexity index is 399. The third-order valence-corrected chi connectivity index (χ3v) is 5.58. The molecule has 2 saturated carbocycles. The number of halogens is 1. The van der Waals surface area contributed by atoms with Crippen molar-refractivity contribution in [3.63, 3.8) is 0 Å². The molecule has 3 aliphatic rings. The Labute approximate surface area is 145 Å². The SMILES string of the molecule is Cl.O=C(NC1CCC(C(=O)N2CCNCC2)CC1)C1CCCC1. The lowest BCUT2D eigenvalue weighted by Crippen LogP contribution is -2.49. The molecular formula is C17H30ClN3O2. The number of carbonyl (C=O) groups excluding carboxylic acids is 2. The molecule has 0 aromatic rings. The van der Waals surface area contributed by atoms with Crippen LogP contribution >= 0.6 is 12.4 Å². The zero-order chi connectivity index (χ0) is 15.4. The van der Waals surface area contributed by atoms with E-state index in [0.717, 1.165) is 64.7 Å². The van der Waals surface area contributed by atoms with Crippen LogP contribution in [0.3, 0.4) is 0 Å². The molecule has 0 unspecified atom stereocenters. The van der Waals surface area contributed by atoms with Gasteiger partial charge in [0.05, 0.1) is 0 Å². The molecule has 132 valence electrons. The van der Waals surface area contributed by atoms with Crippen LogP contribution in [0.2, 0.25) is 0 Å². The van der Waals surface area contributed by atoms with E-state index >= 15 is 0 Å². The Morgan fingerprint density at radius 2 is 1.48 bits per heavy atom. The number of nitrogens with one attached hydrogen (secondary N) is 2. The van der Waals surface area contributed by atoms with E-state index in [0.29, 0.717) is 11.9 Å². The molecule has 3 fully saturated rings. The standard InChI is InChI=1S/C17H29N3O2.ClH/c21-16(13-3-1-2-4-13)19-15-7-5-14(6-8-15)17(22)20-11-9-18-10-12-20;/h13-15,18H,1-12H2,(H,19,21);1H. The molecular weight excluding hydrogens is 314 g/mol. The van der Waals surface area contributed by atoms with Crippen LogP contribution in [0.1, 0.15) is 51.4 Å². The van der Waals surface area contributed by atoms with Gasteiger partial charge in [-0.15, -0.1) is 12.4 Å². The Balaban J connectivity index is 0.00000192. The number of carbonyl (C=O) groups is 2. The summed E-state index contributed by atoms with van der Waals surface area (Å²) in [5, 5.41) is 6.51. The molecule has 1 heterocycles. The molecule has 3 rings (SSSR count). The second-order valence-electron chi connectivity index (χ2n) is 7.11. The van der Waals surface area contributed by atoms with E-state index in [9.17, 15) is 9.59 Å². The fourth-order valence-corrected chi connectivity index (χ4v) is 4.14. The van der Waals surface area contributed by atoms with E-state index in [1.54, 1.807) is 0 Å². The van der Waals surface area contributed by atoms with Gasteiger partial charge in [-0.3, -0.25) is 9.59 Å². The van der Waals surface area contributed by atoms with Gasteiger partial charge in [0.1, 0.15) is 0 Å². The highest BCUT2D eigenvalue weighted by Crippen LogP contribution is 2.28. The summed E-state index contributed by atoms with van der Waals surface area (Å²) in [5.41, 5.74) is 0. The summed E-state index contributed by atoms with van der Waals surface area (Å²) in [6, 6.07) is 0.292. The van der Waals surface area contributed by atoms with E-state index in [2.05, 4.69) is 10.6 Å². The highest BCUT2D eigenvalue weighted by molar-refractivity contribution is 5.85. The number of amides is 2. The van der Waals surface area contributed by atoms with Crippen molar-refractivity contribution in [3.05, 3.63) is 0 Å². The first-order chi connectivity index (χ1) is 10.7. The first-order valence-corrected chi connectivity index (χ1v) is 9.04. The van der Waals surface area contributed by atoms with Crippen LogP contribution in [0.25, 0.3) is 0 Å². The lowest BCUT2D eigenvalue weighted by molar-refractivity contribution is -0.137. The fourth-order valence-electron chi connectivity index (χ4n) is 4.14. The second kappa shape index (κ2) is 8.88. The van der Waals surface area contributed by atoms with E-state index in [1.165, 1.54) is 12.8 Å². The molecule has 6 heteroatoms. The third-order valence-electron chi connectivity index (χ3n) is 5.58. The molecule has 0 atom stereocenters. The lowest BCUT2D eigenvalue weighted by Gasteiger charge is -2.34. The molecule has 2 aliphatic carbocycles. The number of nitrogens with zero attached hydrogens (tertiary/aromatic N) is 1. The van der Waals surface area contributed by atoms with E-state index in [-0.39, 0.29) is 30.2 Å². The highest BCUT2D eigenvalue weighted by Gasteiger charge is 2.31. The van der Waals surface area contributed by atoms with Gasteiger partial charge in [0, 0.05) is 44.1 Å². The summed E-state index contributed by atoms with van der Waals surface area (Å²) < 4.78 is 0. The fraction of sp³-hybridized carbons (Fsp3) is 0.882. The number of hydrogen-bond acceptors (Lipinski definition) is 3. The van der Waals surface area contributed by atoms with Crippen LogP contribution in [-0.4, -0.2) is 48.9 Å². The Hall–Kier alpha value is -0.810.